The molecule has 12 aliphatic rings. The second-order valence-corrected chi connectivity index (χ2v) is 50.4. The third-order valence-corrected chi connectivity index (χ3v) is 17.6. The third-order valence-electron chi connectivity index (χ3n) is 17.6. The van der Waals surface area contributed by atoms with E-state index in [0.717, 1.165) is 90.9 Å². The van der Waals surface area contributed by atoms with Crippen molar-refractivity contribution in [1.29, 1.82) is 0 Å². The van der Waals surface area contributed by atoms with Crippen LogP contribution in [-0.4, -0.2) is 247 Å². The summed E-state index contributed by atoms with van der Waals surface area (Å²) in [4.78, 5) is 19.4. The van der Waals surface area contributed by atoms with Gasteiger partial charge in [0.05, 0.1) is 39.6 Å². The Morgan fingerprint density at radius 2 is 0.385 bits per heavy atom. The number of piperidine rings is 2. The fourth-order valence-corrected chi connectivity index (χ4v) is 10.3. The van der Waals surface area contributed by atoms with Crippen molar-refractivity contribution in [2.24, 2.45) is 49.7 Å². The Balaban J connectivity index is -0.000000220. The second kappa shape index (κ2) is 71.3. The first-order chi connectivity index (χ1) is 52.8. The smallest absolute Gasteiger partial charge is 0.0652 e. The summed E-state index contributed by atoms with van der Waals surface area (Å²) in [5.74, 6) is 1.88. The Hall–Kier alpha value is -0.740. The van der Waals surface area contributed by atoms with Crippen LogP contribution < -0.4 is 0 Å². The van der Waals surface area contributed by atoms with Gasteiger partial charge in [-0.1, -0.05) is 258 Å². The molecule has 9 saturated heterocycles. The highest BCUT2D eigenvalue weighted by atomic mass is 16.5. The summed E-state index contributed by atoms with van der Waals surface area (Å²) in [6.45, 7) is 121. The lowest BCUT2D eigenvalue weighted by Crippen LogP contribution is -2.49. The number of hydrogen-bond donors (Lipinski definition) is 0. The molecule has 0 amide bonds. The zero-order valence-corrected chi connectivity index (χ0v) is 90.1. The monoisotopic (exact) mass is 1670 g/mol. The van der Waals surface area contributed by atoms with Crippen molar-refractivity contribution in [3.8, 4) is 0 Å². The molecule has 0 aromatic heterocycles. The Morgan fingerprint density at radius 1 is 0.214 bits per heavy atom. The normalized spacial score (nSPS) is 20.2. The van der Waals surface area contributed by atoms with E-state index in [-0.39, 0.29) is 0 Å². The van der Waals surface area contributed by atoms with Gasteiger partial charge in [0.1, 0.15) is 0 Å². The molecule has 10 heterocycles. The van der Waals surface area contributed by atoms with Gasteiger partial charge in [-0.15, -0.1) is 0 Å². The van der Waals surface area contributed by atoms with E-state index in [1.807, 2.05) is 12.2 Å². The molecule has 0 aromatic rings. The van der Waals surface area contributed by atoms with E-state index < -0.39 is 0 Å². The molecule has 2 aliphatic carbocycles. The zero-order chi connectivity index (χ0) is 92.6. The van der Waals surface area contributed by atoms with Gasteiger partial charge in [-0.25, -0.2) is 0 Å². The molecule has 0 N–H and O–H groups in total. The van der Waals surface area contributed by atoms with Gasteiger partial charge in [0.15, 0.2) is 0 Å². The number of morpholine rings is 2. The topological polar surface area (TPSA) is 62.8 Å². The van der Waals surface area contributed by atoms with Crippen molar-refractivity contribution in [3.05, 3.63) is 12.2 Å². The largest absolute Gasteiger partial charge is 0.381 e. The van der Waals surface area contributed by atoms with Crippen molar-refractivity contribution >= 4 is 0 Å². The molecule has 0 bridgehead atoms. The lowest BCUT2D eigenvalue weighted by atomic mass is 9.91. The predicted octanol–water partition coefficient (Wildman–Crippen LogP) is 28.2. The molecule has 0 aromatic carbocycles. The molecule has 0 unspecified atom stereocenters. The number of hydrogen-bond acceptors (Lipinski definition) is 12. The lowest BCUT2D eigenvalue weighted by Gasteiger charge is -2.42. The van der Waals surface area contributed by atoms with Crippen molar-refractivity contribution in [3.63, 3.8) is 0 Å². The maximum Gasteiger partial charge on any atom is 0.0652 e. The SMILES string of the molecule is C1=CCOC1.C1CCC1.C1CCOC1.CC(C)(C)C.CC(C)(C)C.CC(C)(C)C.CC(C)(C)C.CC(C)(C)C.CC(C)(C)C.CC(C)(C)C1CC1.CC(C)(C)N1CCC1.CC(C)(C)N1CCCC1.CC(C)(C)N1CCCCC1.CC(C)(C)N1CCOCC1.CC(C)C.CN1CCC1.CN1CCCC1.CN1CCCCC1.CN1CCOCC1. The fourth-order valence-electron chi connectivity index (χ4n) is 10.3. The number of likely N-dealkylation sites (N-methyl/N-ethyl adjacent to an activating group) is 1. The van der Waals surface area contributed by atoms with Crippen molar-refractivity contribution in [2.45, 2.75) is 441 Å². The van der Waals surface area contributed by atoms with E-state index in [0.29, 0.717) is 60.1 Å². The van der Waals surface area contributed by atoms with Crippen molar-refractivity contribution < 1.29 is 18.9 Å². The molecular weight excluding hydrogens is 1440 g/mol. The Kier molecular flexibility index (Phi) is 78.9. The summed E-state index contributed by atoms with van der Waals surface area (Å²) in [7, 11) is 8.62. The van der Waals surface area contributed by atoms with Crippen LogP contribution in [0.1, 0.15) is 419 Å². The number of likely N-dealkylation sites (tertiary alicyclic amines) is 6. The van der Waals surface area contributed by atoms with Crippen LogP contribution >= 0.6 is 0 Å². The quantitative estimate of drug-likeness (QED) is 0.217. The van der Waals surface area contributed by atoms with E-state index in [4.69, 9.17) is 18.9 Å². The van der Waals surface area contributed by atoms with Gasteiger partial charge in [-0.2, -0.15) is 0 Å². The average Bonchev–Trinajstić information content (AvgIpc) is 1.80. The molecule has 12 nitrogen and oxygen atoms in total. The average molecular weight is 1670 g/mol. The highest BCUT2D eigenvalue weighted by Crippen LogP contribution is 2.44. The van der Waals surface area contributed by atoms with Crippen LogP contribution in [0, 0.1) is 49.7 Å². The predicted molar refractivity (Wildman–Crippen MR) is 534 cm³/mol. The van der Waals surface area contributed by atoms with Crippen LogP contribution in [0.5, 0.6) is 0 Å². The maximum absolute atomic E-state index is 5.25. The van der Waals surface area contributed by atoms with Gasteiger partial charge in [0, 0.05) is 61.5 Å². The number of rotatable bonds is 0. The van der Waals surface area contributed by atoms with E-state index >= 15 is 0 Å². The lowest BCUT2D eigenvalue weighted by molar-refractivity contribution is -0.00389. The standard InChI is InChI=1S/C9H19N.C8H17NO.C8H17N.C7H15N.C7H14.C6H13N.C5H11NO.C5H11N.6C5H12.C4H9N.C4H8O.C4H6O.C4H8.C4H10/c1-9(2,3)10-7-5-4-6-8-10;1-8(2,3)9-4-6-10-7-5-9;1-8(2,3)9-6-4-5-7-9;1-7(2,3)8-5-4-6-8;1-7(2,3)6-4-5-6;1-7-5-3-2-4-6-7;1-6-2-4-7-5-3-6;1-6-4-2-3-5-6;6*1-5(2,3)4;1-5-3-2-4-5;2*1-2-4-5-3-1;1-2-4-3-1;1-4(2)3/h4-8H2,1-3H3;4-7H2,1-3H3;4-7H2,1-3H3;4-6H2,1-3H3;6H,4-5H2,1-3H3;2-6H2,1H3;2-5H2,1H3;2-5H2,1H3;6*1-4H3;2-4H2,1H3;1-4H2;1-2H,3-4H2;1-4H2;4H,1-3H3. The molecular formula is C105H230N8O4. The van der Waals surface area contributed by atoms with Gasteiger partial charge in [-0.3, -0.25) is 19.6 Å². The summed E-state index contributed by atoms with van der Waals surface area (Å²) >= 11 is 0. The van der Waals surface area contributed by atoms with Crippen LogP contribution in [0.15, 0.2) is 12.2 Å². The first-order valence-corrected chi connectivity index (χ1v) is 48.5. The Morgan fingerprint density at radius 3 is 0.479 bits per heavy atom. The molecule has 12 rings (SSSR count). The minimum absolute atomic E-state index is 0.323. The van der Waals surface area contributed by atoms with Gasteiger partial charge in [0.2, 0.25) is 0 Å². The van der Waals surface area contributed by atoms with Gasteiger partial charge < -0.3 is 38.5 Å². The minimum Gasteiger partial charge on any atom is -0.381 e. The van der Waals surface area contributed by atoms with Crippen molar-refractivity contribution in [2.75, 3.05) is 186 Å². The minimum atomic E-state index is 0.323. The molecule has 714 valence electrons. The zero-order valence-electron chi connectivity index (χ0n) is 90.1. The highest BCUT2D eigenvalue weighted by Gasteiger charge is 2.33. The van der Waals surface area contributed by atoms with Crippen LogP contribution in [-0.2, 0) is 18.9 Å². The summed E-state index contributed by atoms with van der Waals surface area (Å²) in [6, 6.07) is 0. The molecule has 11 fully saturated rings. The van der Waals surface area contributed by atoms with Gasteiger partial charge in [-0.05, 0) is 329 Å². The van der Waals surface area contributed by atoms with Crippen LogP contribution in [0.4, 0.5) is 0 Å². The van der Waals surface area contributed by atoms with Gasteiger partial charge in [0.25, 0.3) is 0 Å². The van der Waals surface area contributed by atoms with Crippen LogP contribution in [0.2, 0.25) is 0 Å². The van der Waals surface area contributed by atoms with E-state index in [1.165, 1.54) is 207 Å². The van der Waals surface area contributed by atoms with Crippen molar-refractivity contribution in [1.82, 2.24) is 39.2 Å². The summed E-state index contributed by atoms with van der Waals surface area (Å²) in [5, 5.41) is 0. The first kappa shape index (κ1) is 129. The van der Waals surface area contributed by atoms with E-state index in [1.54, 1.807) is 0 Å². The molecule has 10 aliphatic heterocycles. The molecule has 0 radical (unpaired) electrons. The number of ether oxygens (including phenoxy) is 4. The second-order valence-electron chi connectivity index (χ2n) is 50.4. The first-order valence-electron chi connectivity index (χ1n) is 48.5. The molecule has 2 saturated carbocycles. The number of nitrogens with zero attached hydrogens (tertiary/aromatic N) is 8. The summed E-state index contributed by atoms with van der Waals surface area (Å²) < 4.78 is 20.1. The fraction of sp³-hybridized carbons (Fsp3) is 0.981. The molecule has 0 spiro atoms. The highest BCUT2D eigenvalue weighted by molar-refractivity contribution is 4.87. The van der Waals surface area contributed by atoms with E-state index in [2.05, 4.69) is 358 Å². The summed E-state index contributed by atoms with van der Waals surface area (Å²) in [5.41, 5.74) is 5.18. The maximum atomic E-state index is 5.25. The molecule has 12 heteroatoms. The molecule has 117 heavy (non-hydrogen) atoms. The Bertz CT molecular complexity index is 1860. The summed E-state index contributed by atoms with van der Waals surface area (Å²) in [6.07, 6.45) is 32.5. The molecule has 0 atom stereocenters. The van der Waals surface area contributed by atoms with Crippen LogP contribution in [0.3, 0.4) is 0 Å². The Labute approximate surface area is 743 Å². The third kappa shape index (κ3) is 136. The van der Waals surface area contributed by atoms with E-state index in [9.17, 15) is 0 Å². The van der Waals surface area contributed by atoms with Gasteiger partial charge >= 0.3 is 0 Å². The van der Waals surface area contributed by atoms with Crippen LogP contribution in [0.25, 0.3) is 0 Å².